The second kappa shape index (κ2) is 6.55. The summed E-state index contributed by atoms with van der Waals surface area (Å²) >= 11 is 0. The Kier molecular flexibility index (Phi) is 5.31. The maximum atomic E-state index is 12.6. The van der Waals surface area contributed by atoms with E-state index in [1.54, 1.807) is 6.92 Å². The summed E-state index contributed by atoms with van der Waals surface area (Å²) in [5.74, 6) is -1.65. The van der Waals surface area contributed by atoms with Crippen LogP contribution in [0.5, 0.6) is 0 Å². The van der Waals surface area contributed by atoms with Crippen molar-refractivity contribution in [2.24, 2.45) is 0 Å². The minimum absolute atomic E-state index is 0.0885. The first-order valence-electron chi connectivity index (χ1n) is 6.07. The minimum Gasteiger partial charge on any atom is -0.207 e. The molecule has 0 fully saturated rings. The standard InChI is InChI=1S/2C8H8F2/c1-5-3-8(10)6(2)4-7(5)9;1-5-3-7(9)6(2)8(10)4-5/h2*3-4H,1-2H3. The summed E-state index contributed by atoms with van der Waals surface area (Å²) in [5.41, 5.74) is 1.40. The van der Waals surface area contributed by atoms with Crippen LogP contribution in [0.4, 0.5) is 17.6 Å². The van der Waals surface area contributed by atoms with Gasteiger partial charge >= 0.3 is 0 Å². The molecule has 0 aromatic heterocycles. The maximum absolute atomic E-state index is 12.6. The molecule has 0 saturated carbocycles. The lowest BCUT2D eigenvalue weighted by Crippen LogP contribution is -1.88. The Morgan fingerprint density at radius 3 is 1.25 bits per heavy atom. The van der Waals surface area contributed by atoms with Crippen LogP contribution < -0.4 is 0 Å². The van der Waals surface area contributed by atoms with Crippen LogP contribution in [-0.2, 0) is 0 Å². The Hall–Kier alpha value is -1.84. The predicted molar refractivity (Wildman–Crippen MR) is 71.7 cm³/mol. The molecule has 0 atom stereocenters. The molecule has 0 aliphatic rings. The summed E-state index contributed by atoms with van der Waals surface area (Å²) in [7, 11) is 0. The largest absolute Gasteiger partial charge is 0.207 e. The van der Waals surface area contributed by atoms with Gasteiger partial charge in [0.25, 0.3) is 0 Å². The van der Waals surface area contributed by atoms with Gasteiger partial charge in [0.1, 0.15) is 23.3 Å². The number of rotatable bonds is 0. The summed E-state index contributed by atoms with van der Waals surface area (Å²) in [6, 6.07) is 5.03. The molecule has 0 spiro atoms. The van der Waals surface area contributed by atoms with Crippen molar-refractivity contribution < 1.29 is 17.6 Å². The molecule has 0 saturated heterocycles. The Bertz CT molecular complexity index is 545. The SMILES string of the molecule is Cc1cc(F)c(C)c(F)c1.Cc1cc(F)c(C)cc1F. The van der Waals surface area contributed by atoms with Crippen LogP contribution in [-0.4, -0.2) is 0 Å². The fraction of sp³-hybridized carbons (Fsp3) is 0.250. The highest BCUT2D eigenvalue weighted by Gasteiger charge is 2.03. The van der Waals surface area contributed by atoms with Crippen LogP contribution in [0.3, 0.4) is 0 Å². The molecule has 0 bridgehead atoms. The van der Waals surface area contributed by atoms with E-state index in [-0.39, 0.29) is 17.2 Å². The lowest BCUT2D eigenvalue weighted by Gasteiger charge is -1.98. The molecule has 0 radical (unpaired) electrons. The highest BCUT2D eigenvalue weighted by molar-refractivity contribution is 5.24. The van der Waals surface area contributed by atoms with Crippen molar-refractivity contribution in [1.82, 2.24) is 0 Å². The molecule has 0 nitrogen and oxygen atoms in total. The molecule has 0 amide bonds. The molecule has 0 unspecified atom stereocenters. The number of benzene rings is 2. The van der Waals surface area contributed by atoms with Crippen molar-refractivity contribution >= 4 is 0 Å². The van der Waals surface area contributed by atoms with Gasteiger partial charge in [0, 0.05) is 5.56 Å². The normalized spacial score (nSPS) is 10.0. The lowest BCUT2D eigenvalue weighted by molar-refractivity contribution is 0.566. The van der Waals surface area contributed by atoms with Crippen LogP contribution >= 0.6 is 0 Å². The van der Waals surface area contributed by atoms with E-state index in [0.29, 0.717) is 16.7 Å². The lowest BCUT2D eigenvalue weighted by atomic mass is 10.1. The van der Waals surface area contributed by atoms with Gasteiger partial charge in [-0.1, -0.05) is 0 Å². The van der Waals surface area contributed by atoms with Gasteiger partial charge < -0.3 is 0 Å². The molecule has 0 heterocycles. The highest BCUT2D eigenvalue weighted by Crippen LogP contribution is 2.13. The van der Waals surface area contributed by atoms with E-state index >= 15 is 0 Å². The third kappa shape index (κ3) is 4.08. The van der Waals surface area contributed by atoms with Gasteiger partial charge in [0.05, 0.1) is 0 Å². The fourth-order valence-electron chi connectivity index (χ4n) is 1.52. The van der Waals surface area contributed by atoms with Gasteiger partial charge in [-0.25, -0.2) is 17.6 Å². The van der Waals surface area contributed by atoms with E-state index in [0.717, 1.165) is 0 Å². The van der Waals surface area contributed by atoms with Crippen LogP contribution in [0.2, 0.25) is 0 Å². The van der Waals surface area contributed by atoms with E-state index in [1.165, 1.54) is 45.0 Å². The molecule has 2 aromatic carbocycles. The zero-order valence-electron chi connectivity index (χ0n) is 11.8. The molecule has 4 heteroatoms. The van der Waals surface area contributed by atoms with Crippen LogP contribution in [0.1, 0.15) is 22.3 Å². The molecule has 0 aliphatic carbocycles. The third-order valence-corrected chi connectivity index (χ3v) is 2.87. The molecule has 20 heavy (non-hydrogen) atoms. The fourth-order valence-corrected chi connectivity index (χ4v) is 1.52. The van der Waals surface area contributed by atoms with Gasteiger partial charge in [0.15, 0.2) is 0 Å². The van der Waals surface area contributed by atoms with Gasteiger partial charge in [-0.15, -0.1) is 0 Å². The average molecular weight is 284 g/mol. The zero-order valence-corrected chi connectivity index (χ0v) is 11.8. The Morgan fingerprint density at radius 1 is 0.550 bits per heavy atom. The molecular formula is C16H16F4. The summed E-state index contributed by atoms with van der Waals surface area (Å²) in [4.78, 5) is 0. The summed E-state index contributed by atoms with van der Waals surface area (Å²) in [6.07, 6.45) is 0. The molecular weight excluding hydrogens is 268 g/mol. The van der Waals surface area contributed by atoms with Crippen LogP contribution in [0.25, 0.3) is 0 Å². The third-order valence-electron chi connectivity index (χ3n) is 2.87. The zero-order chi connectivity index (χ0) is 15.4. The number of hydrogen-bond acceptors (Lipinski definition) is 0. The predicted octanol–water partition coefficient (Wildman–Crippen LogP) is 5.16. The number of halogens is 4. The summed E-state index contributed by atoms with van der Waals surface area (Å²) in [5, 5.41) is 0. The highest BCUT2D eigenvalue weighted by atomic mass is 19.1. The van der Waals surface area contributed by atoms with Crippen molar-refractivity contribution in [3.05, 3.63) is 69.8 Å². The molecule has 2 aromatic rings. The quantitative estimate of drug-likeness (QED) is 0.586. The number of hydrogen-bond donors (Lipinski definition) is 0. The van der Waals surface area contributed by atoms with E-state index in [4.69, 9.17) is 0 Å². The van der Waals surface area contributed by atoms with Crippen molar-refractivity contribution in [3.63, 3.8) is 0 Å². The van der Waals surface area contributed by atoms with E-state index in [1.807, 2.05) is 0 Å². The first-order valence-corrected chi connectivity index (χ1v) is 6.07. The molecule has 108 valence electrons. The number of aryl methyl sites for hydroxylation is 3. The topological polar surface area (TPSA) is 0 Å². The maximum Gasteiger partial charge on any atom is 0.129 e. The Balaban J connectivity index is 0.000000200. The monoisotopic (exact) mass is 284 g/mol. The van der Waals surface area contributed by atoms with Gasteiger partial charge in [0.2, 0.25) is 0 Å². The Labute approximate surface area is 116 Å². The molecule has 2 rings (SSSR count). The van der Waals surface area contributed by atoms with E-state index in [2.05, 4.69) is 0 Å². The van der Waals surface area contributed by atoms with Crippen molar-refractivity contribution in [1.29, 1.82) is 0 Å². The summed E-state index contributed by atoms with van der Waals surface area (Å²) in [6.45, 7) is 6.16. The second-order valence-corrected chi connectivity index (χ2v) is 4.70. The van der Waals surface area contributed by atoms with Gasteiger partial charge in [-0.05, 0) is 68.7 Å². The van der Waals surface area contributed by atoms with E-state index < -0.39 is 11.6 Å². The molecule has 0 N–H and O–H groups in total. The Morgan fingerprint density at radius 2 is 0.900 bits per heavy atom. The van der Waals surface area contributed by atoms with E-state index in [9.17, 15) is 17.6 Å². The average Bonchev–Trinajstić information content (AvgIpc) is 2.34. The molecule has 0 aliphatic heterocycles. The van der Waals surface area contributed by atoms with Crippen molar-refractivity contribution in [2.45, 2.75) is 27.7 Å². The van der Waals surface area contributed by atoms with Gasteiger partial charge in [-0.3, -0.25) is 0 Å². The smallest absolute Gasteiger partial charge is 0.129 e. The van der Waals surface area contributed by atoms with Gasteiger partial charge in [-0.2, -0.15) is 0 Å². The van der Waals surface area contributed by atoms with Crippen molar-refractivity contribution in [2.75, 3.05) is 0 Å². The first kappa shape index (κ1) is 16.2. The minimum atomic E-state index is -0.475. The van der Waals surface area contributed by atoms with Crippen molar-refractivity contribution in [3.8, 4) is 0 Å². The first-order chi connectivity index (χ1) is 9.22. The van der Waals surface area contributed by atoms with Crippen LogP contribution in [0.15, 0.2) is 24.3 Å². The second-order valence-electron chi connectivity index (χ2n) is 4.70. The summed E-state index contributed by atoms with van der Waals surface area (Å²) < 4.78 is 50.4. The van der Waals surface area contributed by atoms with Crippen LogP contribution in [0, 0.1) is 51.0 Å².